The van der Waals surface area contributed by atoms with Gasteiger partial charge in [-0.1, -0.05) is 95.4 Å². The number of aromatic nitrogens is 2. The Morgan fingerprint density at radius 3 is 1.90 bits per heavy atom. The molecule has 2 nitrogen and oxygen atoms in total. The largest absolute Gasteiger partial charge is 0.305 e. The summed E-state index contributed by atoms with van der Waals surface area (Å²) in [7, 11) is -1.64. The summed E-state index contributed by atoms with van der Waals surface area (Å²) in [6, 6.07) is 37.6. The van der Waals surface area contributed by atoms with Crippen molar-refractivity contribution in [2.45, 2.75) is 59.6 Å². The molecule has 0 aliphatic carbocycles. The molecule has 1 unspecified atom stereocenters. The Morgan fingerprint density at radius 1 is 0.810 bits per heavy atom. The zero-order chi connectivity index (χ0) is 32.2. The van der Waals surface area contributed by atoms with E-state index in [0.29, 0.717) is 5.56 Å². The maximum Gasteiger partial charge on any atom is 0.0799 e. The Bertz CT molecular complexity index is 1670. The molecular formula is C38H42IrN2Si-2. The maximum atomic E-state index is 9.17. The van der Waals surface area contributed by atoms with Gasteiger partial charge in [0, 0.05) is 42.5 Å². The van der Waals surface area contributed by atoms with E-state index >= 15 is 0 Å². The Hall–Kier alpha value is -3.17. The number of hydrogen-bond donors (Lipinski definition) is 0. The fraction of sp³-hybridized carbons (Fsp3) is 0.263. The SMILES string of the molecule is [2H]C(C)(c1ccccc1)c1cc(-c2[c-]cccc2)ncc1[Si](C)(C)C.[2H]C([2H])(c1ccnc(-c2[c-]cccc2)c1)C(C)(C)C.[Ir]. The van der Waals surface area contributed by atoms with E-state index < -0.39 is 25.8 Å². The molecular weight excluding hydrogens is 705 g/mol. The van der Waals surface area contributed by atoms with Gasteiger partial charge in [0.15, 0.2) is 0 Å². The smallest absolute Gasteiger partial charge is 0.0799 e. The average molecular weight is 750 g/mol. The van der Waals surface area contributed by atoms with Crippen molar-refractivity contribution in [3.8, 4) is 22.5 Å². The summed E-state index contributed by atoms with van der Waals surface area (Å²) in [5, 5.41) is 1.24. The minimum Gasteiger partial charge on any atom is -0.305 e. The second-order valence-corrected chi connectivity index (χ2v) is 17.3. The van der Waals surface area contributed by atoms with Gasteiger partial charge in [-0.25, -0.2) is 0 Å². The summed E-state index contributed by atoms with van der Waals surface area (Å²) in [5.74, 6) is -0.816. The quantitative estimate of drug-likeness (QED) is 0.128. The van der Waals surface area contributed by atoms with E-state index in [2.05, 4.69) is 42.8 Å². The van der Waals surface area contributed by atoms with Crippen LogP contribution in [0.5, 0.6) is 0 Å². The molecule has 0 bridgehead atoms. The number of nitrogens with zero attached hydrogens (tertiary/aromatic N) is 2. The maximum absolute atomic E-state index is 9.17. The van der Waals surface area contributed by atoms with E-state index in [0.717, 1.165) is 33.6 Å². The normalized spacial score (nSPS) is 14.1. The molecule has 1 radical (unpaired) electrons. The summed E-state index contributed by atoms with van der Waals surface area (Å²) in [4.78, 5) is 9.01. The molecule has 0 spiro atoms. The first-order chi connectivity index (χ1) is 20.6. The molecule has 219 valence electrons. The monoisotopic (exact) mass is 750 g/mol. The van der Waals surface area contributed by atoms with Gasteiger partial charge in [-0.05, 0) is 45.6 Å². The molecule has 2 aromatic heterocycles. The summed E-state index contributed by atoms with van der Waals surface area (Å²) in [6.45, 7) is 14.6. The van der Waals surface area contributed by atoms with E-state index in [1.807, 2.05) is 119 Å². The molecule has 2 heterocycles. The molecule has 5 aromatic rings. The number of benzene rings is 3. The molecule has 0 aliphatic rings. The van der Waals surface area contributed by atoms with Gasteiger partial charge in [-0.15, -0.1) is 71.8 Å². The predicted molar refractivity (Wildman–Crippen MR) is 177 cm³/mol. The van der Waals surface area contributed by atoms with Gasteiger partial charge in [-0.2, -0.15) is 0 Å². The second kappa shape index (κ2) is 14.8. The Morgan fingerprint density at radius 2 is 1.38 bits per heavy atom. The van der Waals surface area contributed by atoms with Crippen LogP contribution in [0.4, 0.5) is 0 Å². The molecule has 3 aromatic carbocycles. The van der Waals surface area contributed by atoms with E-state index in [1.165, 1.54) is 5.19 Å². The number of pyridine rings is 2. The van der Waals surface area contributed by atoms with Crippen molar-refractivity contribution in [2.24, 2.45) is 5.41 Å². The fourth-order valence-electron chi connectivity index (χ4n) is 4.55. The first-order valence-electron chi connectivity index (χ1n) is 15.6. The zero-order valence-corrected chi connectivity index (χ0v) is 29.0. The van der Waals surface area contributed by atoms with Crippen molar-refractivity contribution in [3.05, 3.63) is 138 Å². The van der Waals surface area contributed by atoms with Crippen LogP contribution in [-0.2, 0) is 26.5 Å². The number of hydrogen-bond acceptors (Lipinski definition) is 2. The van der Waals surface area contributed by atoms with Gasteiger partial charge in [-0.3, -0.25) is 0 Å². The van der Waals surface area contributed by atoms with Crippen LogP contribution in [0.15, 0.2) is 109 Å². The van der Waals surface area contributed by atoms with Crippen LogP contribution in [0.25, 0.3) is 22.5 Å². The third kappa shape index (κ3) is 9.42. The van der Waals surface area contributed by atoms with E-state index in [4.69, 9.17) is 7.73 Å². The van der Waals surface area contributed by atoms with Crippen molar-refractivity contribution in [2.75, 3.05) is 0 Å². The zero-order valence-electron chi connectivity index (χ0n) is 28.6. The molecule has 0 amide bonds. The van der Waals surface area contributed by atoms with Crippen LogP contribution in [0.3, 0.4) is 0 Å². The molecule has 5 rings (SSSR count). The van der Waals surface area contributed by atoms with Gasteiger partial charge in [0.25, 0.3) is 0 Å². The van der Waals surface area contributed by atoms with Gasteiger partial charge in [0.2, 0.25) is 0 Å². The molecule has 4 heteroatoms. The topological polar surface area (TPSA) is 25.8 Å². The van der Waals surface area contributed by atoms with Crippen LogP contribution >= 0.6 is 0 Å². The molecule has 0 saturated carbocycles. The van der Waals surface area contributed by atoms with Gasteiger partial charge < -0.3 is 9.97 Å². The third-order valence-corrected chi connectivity index (χ3v) is 8.59. The van der Waals surface area contributed by atoms with E-state index in [9.17, 15) is 1.37 Å². The Kier molecular flexibility index (Phi) is 10.2. The molecule has 1 atom stereocenters. The van der Waals surface area contributed by atoms with Crippen molar-refractivity contribution < 1.29 is 24.2 Å². The second-order valence-electron chi connectivity index (χ2n) is 12.2. The van der Waals surface area contributed by atoms with Crippen molar-refractivity contribution in [1.82, 2.24) is 9.97 Å². The van der Waals surface area contributed by atoms with Crippen molar-refractivity contribution >= 4 is 13.3 Å². The average Bonchev–Trinajstić information content (AvgIpc) is 3.01. The van der Waals surface area contributed by atoms with E-state index in [1.54, 1.807) is 12.3 Å². The van der Waals surface area contributed by atoms with Gasteiger partial charge >= 0.3 is 0 Å². The summed E-state index contributed by atoms with van der Waals surface area (Å²) >= 11 is 0. The summed E-state index contributed by atoms with van der Waals surface area (Å²) < 4.78 is 25.8. The summed E-state index contributed by atoms with van der Waals surface area (Å²) in [5.41, 5.74) is 5.74. The fourth-order valence-corrected chi connectivity index (χ4v) is 6.07. The minimum absolute atomic E-state index is 0. The van der Waals surface area contributed by atoms with Crippen molar-refractivity contribution in [1.29, 1.82) is 0 Å². The van der Waals surface area contributed by atoms with Crippen LogP contribution in [0, 0.1) is 17.5 Å². The van der Waals surface area contributed by atoms with Gasteiger partial charge in [0.05, 0.1) is 8.07 Å². The Labute approximate surface area is 272 Å². The van der Waals surface area contributed by atoms with Crippen LogP contribution in [0.2, 0.25) is 19.6 Å². The minimum atomic E-state index is -1.64. The molecule has 0 N–H and O–H groups in total. The van der Waals surface area contributed by atoms with E-state index in [-0.39, 0.29) is 20.1 Å². The van der Waals surface area contributed by atoms with Crippen LogP contribution < -0.4 is 5.19 Å². The Balaban J connectivity index is 0.000000249. The predicted octanol–water partition coefficient (Wildman–Crippen LogP) is 9.38. The summed E-state index contributed by atoms with van der Waals surface area (Å²) in [6.07, 6.45) is 2.25. The van der Waals surface area contributed by atoms with Crippen LogP contribution in [0.1, 0.15) is 54.4 Å². The standard InChI is InChI=1S/C22H24NSi.C16H18N.Ir/c1-17(18-11-7-5-8-12-18)20-15-21(19-13-9-6-10-14-19)23-16-22(20)24(2,3)4;1-16(2,3)12-13-9-10-17-15(11-13)14-7-5-4-6-8-14;/h5-13,15-17H,1-4H3;4-7,9-11H,12H2,1-3H3;/q2*-1;/i17D;12D2;. The molecule has 0 fully saturated rings. The molecule has 42 heavy (non-hydrogen) atoms. The van der Waals surface area contributed by atoms with Crippen molar-refractivity contribution in [3.63, 3.8) is 0 Å². The first kappa shape index (κ1) is 28.9. The number of rotatable bonds is 6. The molecule has 0 aliphatic heterocycles. The first-order valence-corrected chi connectivity index (χ1v) is 17.6. The van der Waals surface area contributed by atoms with Gasteiger partial charge in [0.1, 0.15) is 0 Å². The third-order valence-electron chi connectivity index (χ3n) is 6.57. The molecule has 0 saturated heterocycles. The van der Waals surface area contributed by atoms with Crippen LogP contribution in [-0.4, -0.2) is 18.0 Å².